The molecule has 44 heavy (non-hydrogen) atoms. The number of benzene rings is 3. The number of nitrogens with zero attached hydrogens (tertiary/aromatic N) is 2. The molecule has 0 bridgehead atoms. The smallest absolute Gasteiger partial charge is 0.251 e. The van der Waals surface area contributed by atoms with E-state index < -0.39 is 23.9 Å². The van der Waals surface area contributed by atoms with Crippen LogP contribution in [0.5, 0.6) is 23.0 Å². The number of imide groups is 2. The third-order valence-electron chi connectivity index (χ3n) is 7.71. The lowest BCUT2D eigenvalue weighted by Gasteiger charge is -2.19. The fraction of sp³-hybridized carbons (Fsp3) is 0.312. The molecule has 12 nitrogen and oxygen atoms in total. The van der Waals surface area contributed by atoms with Crippen LogP contribution in [0.15, 0.2) is 60.7 Å². The summed E-state index contributed by atoms with van der Waals surface area (Å²) in [6.45, 7) is 0.575. The Balaban J connectivity index is 1.23. The fourth-order valence-corrected chi connectivity index (χ4v) is 5.53. The minimum atomic E-state index is -0.727. The van der Waals surface area contributed by atoms with Gasteiger partial charge in [-0.05, 0) is 36.4 Å². The van der Waals surface area contributed by atoms with Crippen molar-refractivity contribution >= 4 is 35.0 Å². The average molecular weight is 603 g/mol. The summed E-state index contributed by atoms with van der Waals surface area (Å²) < 4.78 is 21.6. The number of nitrogens with one attached hydrogen (secondary N) is 2. The average Bonchev–Trinajstić information content (AvgIpc) is 3.49. The SMILES string of the molecule is COc1cccc(CN[C@H]2CC(=O)N(c3ccc(N4C(=O)C[C@H](NCc5cccc(OC)c5OC)C4=O)cc3)C2=O)c1OC. The van der Waals surface area contributed by atoms with Gasteiger partial charge in [-0.25, -0.2) is 9.80 Å². The molecule has 230 valence electrons. The highest BCUT2D eigenvalue weighted by Gasteiger charge is 2.41. The van der Waals surface area contributed by atoms with Gasteiger partial charge in [-0.2, -0.15) is 0 Å². The first-order valence-corrected chi connectivity index (χ1v) is 14.0. The molecule has 4 amide bonds. The Kier molecular flexibility index (Phi) is 9.12. The second-order valence-corrected chi connectivity index (χ2v) is 10.2. The van der Waals surface area contributed by atoms with Crippen molar-refractivity contribution in [3.8, 4) is 23.0 Å². The molecule has 3 aromatic carbocycles. The van der Waals surface area contributed by atoms with Gasteiger partial charge in [0.05, 0.1) is 64.7 Å². The van der Waals surface area contributed by atoms with E-state index in [9.17, 15) is 19.2 Å². The predicted molar refractivity (Wildman–Crippen MR) is 161 cm³/mol. The molecule has 2 saturated heterocycles. The van der Waals surface area contributed by atoms with Gasteiger partial charge in [-0.15, -0.1) is 0 Å². The molecule has 2 N–H and O–H groups in total. The molecule has 12 heteroatoms. The maximum absolute atomic E-state index is 13.2. The predicted octanol–water partition coefficient (Wildman–Crippen LogP) is 2.56. The number of carbonyl (C=O) groups excluding carboxylic acids is 4. The van der Waals surface area contributed by atoms with Crippen LogP contribution in [0.4, 0.5) is 11.4 Å². The molecule has 0 unspecified atom stereocenters. The van der Waals surface area contributed by atoms with Gasteiger partial charge in [0.25, 0.3) is 11.8 Å². The van der Waals surface area contributed by atoms with E-state index in [4.69, 9.17) is 18.9 Å². The first kappa shape index (κ1) is 30.5. The van der Waals surface area contributed by atoms with Gasteiger partial charge < -0.3 is 29.6 Å². The van der Waals surface area contributed by atoms with E-state index in [1.54, 1.807) is 50.6 Å². The number of rotatable bonds is 12. The zero-order chi connectivity index (χ0) is 31.4. The number of carbonyl (C=O) groups is 4. The molecule has 0 aromatic heterocycles. The Morgan fingerprint density at radius 3 is 1.32 bits per heavy atom. The van der Waals surface area contributed by atoms with Crippen LogP contribution < -0.4 is 39.4 Å². The number of ether oxygens (including phenoxy) is 4. The minimum absolute atomic E-state index is 0.0125. The summed E-state index contributed by atoms with van der Waals surface area (Å²) in [5.41, 5.74) is 2.27. The molecule has 2 fully saturated rings. The van der Waals surface area contributed by atoms with E-state index in [1.165, 1.54) is 14.2 Å². The quantitative estimate of drug-likeness (QED) is 0.298. The van der Waals surface area contributed by atoms with Crippen LogP contribution in [0.3, 0.4) is 0 Å². The monoisotopic (exact) mass is 602 g/mol. The van der Waals surface area contributed by atoms with Gasteiger partial charge in [-0.3, -0.25) is 19.2 Å². The number of para-hydroxylation sites is 2. The molecular formula is C32H34N4O8. The van der Waals surface area contributed by atoms with E-state index in [-0.39, 0.29) is 37.7 Å². The van der Waals surface area contributed by atoms with E-state index in [2.05, 4.69) is 10.6 Å². The van der Waals surface area contributed by atoms with Crippen LogP contribution >= 0.6 is 0 Å². The molecule has 2 atom stereocenters. The Morgan fingerprint density at radius 2 is 0.977 bits per heavy atom. The lowest BCUT2D eigenvalue weighted by molar-refractivity contribution is -0.123. The summed E-state index contributed by atoms with van der Waals surface area (Å²) >= 11 is 0. The normalized spacial score (nSPS) is 18.3. The molecule has 0 radical (unpaired) electrons. The van der Waals surface area contributed by atoms with Gasteiger partial charge in [0.1, 0.15) is 0 Å². The molecule has 3 aromatic rings. The molecule has 2 aliphatic rings. The third-order valence-corrected chi connectivity index (χ3v) is 7.71. The second-order valence-electron chi connectivity index (χ2n) is 10.2. The van der Waals surface area contributed by atoms with Crippen LogP contribution in [0.1, 0.15) is 24.0 Å². The van der Waals surface area contributed by atoms with Gasteiger partial charge in [-0.1, -0.05) is 24.3 Å². The summed E-state index contributed by atoms with van der Waals surface area (Å²) in [6, 6.07) is 15.7. The van der Waals surface area contributed by atoms with Crippen LogP contribution in [0.2, 0.25) is 0 Å². The van der Waals surface area contributed by atoms with Crippen molar-refractivity contribution in [2.24, 2.45) is 0 Å². The van der Waals surface area contributed by atoms with Crippen molar-refractivity contribution in [2.75, 3.05) is 38.2 Å². The van der Waals surface area contributed by atoms with Gasteiger partial charge in [0.15, 0.2) is 23.0 Å². The van der Waals surface area contributed by atoms with Gasteiger partial charge >= 0.3 is 0 Å². The highest BCUT2D eigenvalue weighted by Crippen LogP contribution is 2.33. The summed E-state index contributed by atoms with van der Waals surface area (Å²) in [5, 5.41) is 6.29. The van der Waals surface area contributed by atoms with Crippen molar-refractivity contribution < 1.29 is 38.1 Å². The number of amides is 4. The minimum Gasteiger partial charge on any atom is -0.493 e. The van der Waals surface area contributed by atoms with E-state index in [0.717, 1.165) is 20.9 Å². The summed E-state index contributed by atoms with van der Waals surface area (Å²) in [4.78, 5) is 54.4. The highest BCUT2D eigenvalue weighted by atomic mass is 16.5. The Bertz CT molecular complexity index is 1460. The maximum Gasteiger partial charge on any atom is 0.251 e. The topological polar surface area (TPSA) is 136 Å². The van der Waals surface area contributed by atoms with Gasteiger partial charge in [0, 0.05) is 24.2 Å². The Labute approximate surface area is 254 Å². The lowest BCUT2D eigenvalue weighted by Crippen LogP contribution is -2.39. The Hall–Kier alpha value is -4.94. The van der Waals surface area contributed by atoms with Crippen LogP contribution in [-0.4, -0.2) is 64.2 Å². The van der Waals surface area contributed by atoms with Gasteiger partial charge in [0.2, 0.25) is 11.8 Å². The van der Waals surface area contributed by atoms with Crippen molar-refractivity contribution in [1.82, 2.24) is 10.6 Å². The maximum atomic E-state index is 13.2. The standard InChI is InChI=1S/C32H34N4O8/c1-41-25-9-5-7-19(29(25)43-3)17-33-23-15-27(37)35(31(23)39)21-11-13-22(14-12-21)36-28(38)16-24(32(36)40)34-18-20-8-6-10-26(42-2)30(20)44-4/h5-14,23-24,33-34H,15-18H2,1-4H3/t23-,24-/m0/s1. The summed E-state index contributed by atoms with van der Waals surface area (Å²) in [5.74, 6) is 0.732. The number of hydrogen-bond acceptors (Lipinski definition) is 10. The molecule has 0 saturated carbocycles. The van der Waals surface area contributed by atoms with Crippen molar-refractivity contribution in [3.05, 3.63) is 71.8 Å². The number of methoxy groups -OCH3 is 4. The Morgan fingerprint density at radius 1 is 0.591 bits per heavy atom. The molecule has 0 aliphatic carbocycles. The van der Waals surface area contributed by atoms with E-state index in [0.29, 0.717) is 34.4 Å². The summed E-state index contributed by atoms with van der Waals surface area (Å²) in [6.07, 6.45) is -0.0250. The van der Waals surface area contributed by atoms with Crippen LogP contribution in [0, 0.1) is 0 Å². The first-order valence-electron chi connectivity index (χ1n) is 14.0. The summed E-state index contributed by atoms with van der Waals surface area (Å²) in [7, 11) is 6.17. The highest BCUT2D eigenvalue weighted by molar-refractivity contribution is 6.24. The van der Waals surface area contributed by atoms with E-state index >= 15 is 0 Å². The van der Waals surface area contributed by atoms with E-state index in [1.807, 2.05) is 24.3 Å². The zero-order valence-electron chi connectivity index (χ0n) is 24.9. The van der Waals surface area contributed by atoms with Crippen molar-refractivity contribution in [3.63, 3.8) is 0 Å². The van der Waals surface area contributed by atoms with Crippen molar-refractivity contribution in [1.29, 1.82) is 0 Å². The zero-order valence-corrected chi connectivity index (χ0v) is 24.9. The molecular weight excluding hydrogens is 568 g/mol. The molecule has 2 heterocycles. The van der Waals surface area contributed by atoms with Crippen molar-refractivity contribution in [2.45, 2.75) is 38.0 Å². The molecule has 2 aliphatic heterocycles. The first-order chi connectivity index (χ1) is 21.3. The van der Waals surface area contributed by atoms with Crippen LogP contribution in [0.25, 0.3) is 0 Å². The van der Waals surface area contributed by atoms with Crippen LogP contribution in [-0.2, 0) is 32.3 Å². The lowest BCUT2D eigenvalue weighted by atomic mass is 10.1. The largest absolute Gasteiger partial charge is 0.493 e. The molecule has 5 rings (SSSR count). The number of anilines is 2. The number of hydrogen-bond donors (Lipinski definition) is 2. The second kappa shape index (κ2) is 13.1. The molecule has 0 spiro atoms. The third kappa shape index (κ3) is 5.81. The fourth-order valence-electron chi connectivity index (χ4n) is 5.53.